The zero-order valence-corrected chi connectivity index (χ0v) is 6.79. The van der Waals surface area contributed by atoms with Crippen molar-refractivity contribution in [3.63, 3.8) is 0 Å². The smallest absolute Gasteiger partial charge is 0.219 e. The molecule has 0 spiro atoms. The lowest BCUT2D eigenvalue weighted by atomic mass is 10.1. The first-order valence-electron chi connectivity index (χ1n) is 4.23. The van der Waals surface area contributed by atoms with Gasteiger partial charge in [0.15, 0.2) is 0 Å². The fraction of sp³-hybridized carbons (Fsp3) is 0.875. The number of nitrogens with two attached hydrogens (primary N) is 1. The van der Waals surface area contributed by atoms with Crippen LogP contribution in [0, 0.1) is 5.92 Å². The Morgan fingerprint density at radius 3 is 2.55 bits per heavy atom. The van der Waals surface area contributed by atoms with Crippen LogP contribution in [0.2, 0.25) is 0 Å². The highest BCUT2D eigenvalue weighted by Gasteiger charge is 2.45. The number of rotatable bonds is 0. The number of carbonyl (C=O) groups excluding carboxylic acids is 1. The van der Waals surface area contributed by atoms with Gasteiger partial charge in [0.2, 0.25) is 5.91 Å². The number of nitrogens with zero attached hydrogens (tertiary/aromatic N) is 1. The van der Waals surface area contributed by atoms with Crippen LogP contribution in [0.1, 0.15) is 19.8 Å². The molecule has 0 aromatic carbocycles. The van der Waals surface area contributed by atoms with Gasteiger partial charge in [0, 0.05) is 25.6 Å². The predicted molar refractivity (Wildman–Crippen MR) is 41.9 cm³/mol. The molecule has 1 aliphatic carbocycles. The minimum Gasteiger partial charge on any atom is -0.338 e. The van der Waals surface area contributed by atoms with Crippen LogP contribution >= 0.6 is 0 Å². The molecule has 11 heavy (non-hydrogen) atoms. The van der Waals surface area contributed by atoms with Gasteiger partial charge in [-0.25, -0.2) is 0 Å². The molecule has 3 atom stereocenters. The lowest BCUT2D eigenvalue weighted by Gasteiger charge is -2.25. The summed E-state index contributed by atoms with van der Waals surface area (Å²) in [6.45, 7) is 2.54. The maximum Gasteiger partial charge on any atom is 0.219 e. The van der Waals surface area contributed by atoms with Crippen molar-refractivity contribution in [3.05, 3.63) is 0 Å². The minimum atomic E-state index is 0.188. The molecule has 1 saturated carbocycles. The van der Waals surface area contributed by atoms with Crippen LogP contribution in [-0.4, -0.2) is 29.4 Å². The van der Waals surface area contributed by atoms with E-state index in [2.05, 4.69) is 0 Å². The summed E-state index contributed by atoms with van der Waals surface area (Å²) in [7, 11) is 0. The van der Waals surface area contributed by atoms with Crippen LogP contribution < -0.4 is 5.73 Å². The van der Waals surface area contributed by atoms with Crippen LogP contribution in [0.15, 0.2) is 0 Å². The number of likely N-dealkylation sites (tertiary alicyclic amines) is 1. The second-order valence-electron chi connectivity index (χ2n) is 3.65. The van der Waals surface area contributed by atoms with Gasteiger partial charge < -0.3 is 10.6 Å². The van der Waals surface area contributed by atoms with Crippen molar-refractivity contribution in [1.82, 2.24) is 4.90 Å². The Morgan fingerprint density at radius 1 is 1.55 bits per heavy atom. The highest BCUT2D eigenvalue weighted by atomic mass is 16.2. The van der Waals surface area contributed by atoms with E-state index in [4.69, 9.17) is 5.73 Å². The van der Waals surface area contributed by atoms with E-state index >= 15 is 0 Å². The van der Waals surface area contributed by atoms with E-state index in [0.29, 0.717) is 12.0 Å². The average Bonchev–Trinajstić information content (AvgIpc) is 2.46. The molecule has 3 nitrogen and oxygen atoms in total. The van der Waals surface area contributed by atoms with Crippen molar-refractivity contribution in [2.75, 3.05) is 6.54 Å². The van der Waals surface area contributed by atoms with Crippen LogP contribution in [0.5, 0.6) is 0 Å². The molecule has 3 unspecified atom stereocenters. The first-order chi connectivity index (χ1) is 5.20. The molecule has 1 aliphatic heterocycles. The van der Waals surface area contributed by atoms with E-state index in [-0.39, 0.29) is 11.9 Å². The van der Waals surface area contributed by atoms with Crippen molar-refractivity contribution in [1.29, 1.82) is 0 Å². The standard InChI is InChI=1S/C8H14N2O/c1-5(11)10-4-6-2-3-7(10)8(6)9/h6-8H,2-4,9H2,1H3. The highest BCUT2D eigenvalue weighted by Crippen LogP contribution is 2.36. The second-order valence-corrected chi connectivity index (χ2v) is 3.65. The van der Waals surface area contributed by atoms with Crippen molar-refractivity contribution < 1.29 is 4.79 Å². The largest absolute Gasteiger partial charge is 0.338 e. The summed E-state index contributed by atoms with van der Waals surface area (Å²) in [5.41, 5.74) is 5.92. The number of fused-ring (bicyclic) bond motifs is 2. The fourth-order valence-corrected chi connectivity index (χ4v) is 2.41. The predicted octanol–water partition coefficient (Wildman–Crippen LogP) is -0.0456. The van der Waals surface area contributed by atoms with Crippen LogP contribution in [0.4, 0.5) is 0 Å². The number of amides is 1. The first-order valence-corrected chi connectivity index (χ1v) is 4.23. The normalized spacial score (nSPS) is 41.6. The number of hydrogen-bond donors (Lipinski definition) is 1. The maximum absolute atomic E-state index is 11.1. The molecule has 2 rings (SSSR count). The second kappa shape index (κ2) is 2.21. The molecule has 0 aromatic rings. The Morgan fingerprint density at radius 2 is 2.27 bits per heavy atom. The third-order valence-corrected chi connectivity index (χ3v) is 3.06. The summed E-state index contributed by atoms with van der Waals surface area (Å²) in [5, 5.41) is 0. The summed E-state index contributed by atoms with van der Waals surface area (Å²) in [4.78, 5) is 13.0. The molecular weight excluding hydrogens is 140 g/mol. The van der Waals surface area contributed by atoms with E-state index in [0.717, 1.165) is 13.0 Å². The van der Waals surface area contributed by atoms with E-state index in [9.17, 15) is 4.79 Å². The number of piperidine rings is 1. The van der Waals surface area contributed by atoms with Gasteiger partial charge in [-0.2, -0.15) is 0 Å². The van der Waals surface area contributed by atoms with Gasteiger partial charge in [-0.1, -0.05) is 0 Å². The van der Waals surface area contributed by atoms with Gasteiger partial charge in [0.1, 0.15) is 0 Å². The van der Waals surface area contributed by atoms with Crippen LogP contribution in [0.25, 0.3) is 0 Å². The summed E-state index contributed by atoms with van der Waals surface area (Å²) in [6, 6.07) is 0.622. The number of hydrogen-bond acceptors (Lipinski definition) is 2. The molecule has 62 valence electrons. The average molecular weight is 154 g/mol. The van der Waals surface area contributed by atoms with E-state index in [1.54, 1.807) is 6.92 Å². The Hall–Kier alpha value is -0.570. The number of carbonyl (C=O) groups is 1. The summed E-state index contributed by atoms with van der Waals surface area (Å²) in [5.74, 6) is 0.775. The van der Waals surface area contributed by atoms with E-state index in [1.807, 2.05) is 4.90 Å². The lowest BCUT2D eigenvalue weighted by molar-refractivity contribution is -0.130. The van der Waals surface area contributed by atoms with Crippen molar-refractivity contribution in [3.8, 4) is 0 Å². The molecule has 0 aromatic heterocycles. The third-order valence-electron chi connectivity index (χ3n) is 3.06. The molecule has 1 amide bonds. The van der Waals surface area contributed by atoms with Crippen molar-refractivity contribution in [2.24, 2.45) is 11.7 Å². The maximum atomic E-state index is 11.1. The minimum absolute atomic E-state index is 0.188. The molecule has 2 N–H and O–H groups in total. The topological polar surface area (TPSA) is 46.3 Å². The molecule has 0 radical (unpaired) electrons. The molecule has 2 bridgehead atoms. The molecule has 1 heterocycles. The van der Waals surface area contributed by atoms with Crippen molar-refractivity contribution in [2.45, 2.75) is 31.8 Å². The van der Waals surface area contributed by atoms with Crippen LogP contribution in [-0.2, 0) is 4.79 Å². The van der Waals surface area contributed by atoms with Gasteiger partial charge >= 0.3 is 0 Å². The zero-order chi connectivity index (χ0) is 8.01. The first kappa shape index (κ1) is 7.10. The summed E-state index contributed by atoms with van der Waals surface area (Å²) < 4.78 is 0. The fourth-order valence-electron chi connectivity index (χ4n) is 2.41. The molecule has 3 heteroatoms. The van der Waals surface area contributed by atoms with Gasteiger partial charge in [0.05, 0.1) is 0 Å². The molecule has 2 fully saturated rings. The third kappa shape index (κ3) is 0.872. The summed E-state index contributed by atoms with van der Waals surface area (Å²) in [6.07, 6.45) is 2.33. The van der Waals surface area contributed by atoms with E-state index in [1.165, 1.54) is 6.42 Å². The Balaban J connectivity index is 2.14. The van der Waals surface area contributed by atoms with Crippen molar-refractivity contribution >= 4 is 5.91 Å². The lowest BCUT2D eigenvalue weighted by Crippen LogP contribution is -2.40. The highest BCUT2D eigenvalue weighted by molar-refractivity contribution is 5.74. The Kier molecular flexibility index (Phi) is 1.42. The monoisotopic (exact) mass is 154 g/mol. The molecule has 2 aliphatic rings. The molecule has 1 saturated heterocycles. The van der Waals surface area contributed by atoms with Gasteiger partial charge in [0.25, 0.3) is 0 Å². The molecular formula is C8H14N2O. The Labute approximate surface area is 66.5 Å². The van der Waals surface area contributed by atoms with Gasteiger partial charge in [-0.3, -0.25) is 4.79 Å². The van der Waals surface area contributed by atoms with Crippen LogP contribution in [0.3, 0.4) is 0 Å². The SMILES string of the molecule is CC(=O)N1CC2CCC1C2N. The summed E-state index contributed by atoms with van der Waals surface area (Å²) >= 11 is 0. The van der Waals surface area contributed by atoms with Gasteiger partial charge in [-0.05, 0) is 18.8 Å². The zero-order valence-electron chi connectivity index (χ0n) is 6.79. The van der Waals surface area contributed by atoms with E-state index < -0.39 is 0 Å². The quantitative estimate of drug-likeness (QED) is 0.532. The van der Waals surface area contributed by atoms with Gasteiger partial charge in [-0.15, -0.1) is 0 Å². The Bertz CT molecular complexity index is 193.